The van der Waals surface area contributed by atoms with Crippen LogP contribution in [0, 0.1) is 5.82 Å². The maximum Gasteiger partial charge on any atom is 0.245 e. The summed E-state index contributed by atoms with van der Waals surface area (Å²) in [6.07, 6.45) is 9.72. The fourth-order valence-electron chi connectivity index (χ4n) is 3.96. The van der Waals surface area contributed by atoms with Crippen molar-refractivity contribution < 1.29 is 14.2 Å². The van der Waals surface area contributed by atoms with Gasteiger partial charge in [-0.3, -0.25) is 9.98 Å². The van der Waals surface area contributed by atoms with Crippen LogP contribution in [0.5, 0.6) is 5.75 Å². The average Bonchev–Trinajstić information content (AvgIpc) is 2.91. The molecule has 0 amide bonds. The number of hydrazone groups is 1. The lowest BCUT2D eigenvalue weighted by atomic mass is 10.0. The van der Waals surface area contributed by atoms with E-state index in [0.29, 0.717) is 32.0 Å². The van der Waals surface area contributed by atoms with Crippen molar-refractivity contribution in [3.05, 3.63) is 72.2 Å². The smallest absolute Gasteiger partial charge is 0.245 e. The molecule has 0 saturated carbocycles. The molecule has 2 aliphatic rings. The lowest BCUT2D eigenvalue weighted by molar-refractivity contribution is 0.122. The number of hydrogen-bond donors (Lipinski definition) is 3. The Labute approximate surface area is 213 Å². The number of phenolic OH excluding ortho intramolecular Hbond substituents is 1. The molecule has 1 unspecified atom stereocenters. The lowest BCUT2D eigenvalue weighted by Gasteiger charge is -2.27. The summed E-state index contributed by atoms with van der Waals surface area (Å²) in [6.45, 7) is 2.18. The van der Waals surface area contributed by atoms with Crippen molar-refractivity contribution >= 4 is 35.6 Å². The maximum atomic E-state index is 14.2. The number of morpholine rings is 1. The third-order valence-corrected chi connectivity index (χ3v) is 5.81. The third kappa shape index (κ3) is 5.98. The van der Waals surface area contributed by atoms with Gasteiger partial charge in [0.2, 0.25) is 5.95 Å². The van der Waals surface area contributed by atoms with Gasteiger partial charge in [0.25, 0.3) is 0 Å². The van der Waals surface area contributed by atoms with Crippen molar-refractivity contribution in [1.29, 1.82) is 0 Å². The molecule has 1 aromatic carbocycles. The van der Waals surface area contributed by atoms with E-state index in [1.165, 1.54) is 6.21 Å². The average molecular weight is 504 g/mol. The van der Waals surface area contributed by atoms with Gasteiger partial charge < -0.3 is 25.0 Å². The Balaban J connectivity index is 1.22. The molecule has 0 spiro atoms. The molecule has 37 heavy (non-hydrogen) atoms. The molecule has 3 aromatic rings. The zero-order valence-corrected chi connectivity index (χ0v) is 20.1. The zero-order valence-electron chi connectivity index (χ0n) is 20.1. The first-order chi connectivity index (χ1) is 18.0. The highest BCUT2D eigenvalue weighted by Gasteiger charge is 2.18. The molecule has 2 aromatic heterocycles. The quantitative estimate of drug-likeness (QED) is 0.329. The summed E-state index contributed by atoms with van der Waals surface area (Å²) in [5.74, 6) is 0.0644. The Hall–Kier alpha value is -4.58. The van der Waals surface area contributed by atoms with Crippen molar-refractivity contribution in [2.45, 2.75) is 6.04 Å². The number of halogens is 1. The van der Waals surface area contributed by atoms with E-state index in [9.17, 15) is 9.50 Å². The number of aromatic nitrogens is 3. The molecule has 0 bridgehead atoms. The van der Waals surface area contributed by atoms with E-state index in [4.69, 9.17) is 4.74 Å². The predicted octanol–water partition coefficient (Wildman–Crippen LogP) is 3.27. The van der Waals surface area contributed by atoms with Crippen LogP contribution < -0.4 is 15.6 Å². The highest BCUT2D eigenvalue weighted by Crippen LogP contribution is 2.29. The normalized spacial score (nSPS) is 17.4. The molecule has 1 saturated heterocycles. The lowest BCUT2D eigenvalue weighted by Crippen LogP contribution is -2.37. The number of rotatable bonds is 7. The predicted molar refractivity (Wildman–Crippen MR) is 140 cm³/mol. The van der Waals surface area contributed by atoms with E-state index >= 15 is 0 Å². The maximum absolute atomic E-state index is 14.2. The topological polar surface area (TPSA) is 123 Å². The van der Waals surface area contributed by atoms with Crippen molar-refractivity contribution in [1.82, 2.24) is 19.9 Å². The molecule has 190 valence electrons. The van der Waals surface area contributed by atoms with E-state index < -0.39 is 5.82 Å². The minimum atomic E-state index is -0.490. The fourth-order valence-corrected chi connectivity index (χ4v) is 3.96. The van der Waals surface area contributed by atoms with Crippen molar-refractivity contribution in [2.24, 2.45) is 10.1 Å². The first-order valence-corrected chi connectivity index (χ1v) is 11.7. The minimum Gasteiger partial charge on any atom is -0.508 e. The number of aliphatic imine (C=N–C) groups is 1. The minimum absolute atomic E-state index is 0.0723. The fraction of sp³-hybridized carbons (Fsp3) is 0.240. The summed E-state index contributed by atoms with van der Waals surface area (Å²) >= 11 is 0. The van der Waals surface area contributed by atoms with Crippen LogP contribution in [0.15, 0.2) is 65.2 Å². The Bertz CT molecular complexity index is 1320. The van der Waals surface area contributed by atoms with Gasteiger partial charge in [0.05, 0.1) is 49.2 Å². The van der Waals surface area contributed by atoms with Crippen LogP contribution in [-0.2, 0) is 4.74 Å². The number of benzene rings is 1. The van der Waals surface area contributed by atoms with Crippen LogP contribution in [0.1, 0.15) is 17.3 Å². The molecule has 5 rings (SSSR count). The van der Waals surface area contributed by atoms with Crippen LogP contribution in [0.3, 0.4) is 0 Å². The second-order valence-corrected chi connectivity index (χ2v) is 8.45. The molecule has 0 radical (unpaired) electrons. The molecule has 1 fully saturated rings. The Kier molecular flexibility index (Phi) is 7.17. The number of pyridine rings is 1. The summed E-state index contributed by atoms with van der Waals surface area (Å²) in [6, 6.07) is 8.88. The van der Waals surface area contributed by atoms with Gasteiger partial charge in [-0.1, -0.05) is 0 Å². The molecule has 1 atom stereocenters. The third-order valence-electron chi connectivity index (χ3n) is 5.81. The van der Waals surface area contributed by atoms with Gasteiger partial charge in [0.15, 0.2) is 11.6 Å². The number of anilines is 4. The van der Waals surface area contributed by atoms with Gasteiger partial charge in [-0.05, 0) is 29.8 Å². The molecule has 11 nitrogen and oxygen atoms in total. The number of ether oxygens (including phenoxy) is 1. The molecule has 0 aliphatic carbocycles. The molecule has 4 heterocycles. The van der Waals surface area contributed by atoms with E-state index in [2.05, 4.69) is 35.8 Å². The van der Waals surface area contributed by atoms with Gasteiger partial charge in [0, 0.05) is 50.5 Å². The first-order valence-electron chi connectivity index (χ1n) is 11.7. The van der Waals surface area contributed by atoms with Crippen molar-refractivity contribution in [3.8, 4) is 5.75 Å². The summed E-state index contributed by atoms with van der Waals surface area (Å²) in [5.41, 5.74) is 5.68. The van der Waals surface area contributed by atoms with Crippen molar-refractivity contribution in [2.75, 3.05) is 49.0 Å². The van der Waals surface area contributed by atoms with Crippen LogP contribution in [0.2, 0.25) is 0 Å². The van der Waals surface area contributed by atoms with Gasteiger partial charge in [-0.15, -0.1) is 0 Å². The standard InChI is InChI=1S/C25H26FN9O2/c1-34-5-4-27-16-23(34)17-10-20(12-21(36)11-17)31-19-3-2-18(28-13-19)14-30-33-25-29-15-22(26)24(32-25)35-6-8-37-9-7-35/h2-5,10-16,23,31,36H,6-9H2,1H3,(H,29,32,33)/b30-14+. The number of aromatic hydroxyl groups is 1. The molecular formula is C25H26FN9O2. The Morgan fingerprint density at radius 2 is 2.00 bits per heavy atom. The van der Waals surface area contributed by atoms with Crippen LogP contribution in [0.25, 0.3) is 0 Å². The first kappa shape index (κ1) is 24.1. The molecule has 3 N–H and O–H groups in total. The SMILES string of the molecule is CN1C=CN=CC1c1cc(O)cc(Nc2ccc(/C=N/Nc3ncc(F)c(N4CCOCC4)n3)nc2)c1. The number of nitrogens with one attached hydrogen (secondary N) is 2. The molecule has 2 aliphatic heterocycles. The highest BCUT2D eigenvalue weighted by atomic mass is 19.1. The Morgan fingerprint density at radius 1 is 1.14 bits per heavy atom. The van der Waals surface area contributed by atoms with Crippen LogP contribution in [0.4, 0.5) is 27.5 Å². The summed E-state index contributed by atoms with van der Waals surface area (Å²) in [4.78, 5) is 20.6. The van der Waals surface area contributed by atoms with Gasteiger partial charge in [0.1, 0.15) is 5.75 Å². The second-order valence-electron chi connectivity index (χ2n) is 8.45. The van der Waals surface area contributed by atoms with Gasteiger partial charge in [-0.25, -0.2) is 14.8 Å². The number of nitrogens with zero attached hydrogens (tertiary/aromatic N) is 7. The second kappa shape index (κ2) is 11.0. The Morgan fingerprint density at radius 3 is 2.78 bits per heavy atom. The molecular weight excluding hydrogens is 477 g/mol. The summed E-state index contributed by atoms with van der Waals surface area (Å²) in [7, 11) is 1.95. The van der Waals surface area contributed by atoms with E-state index in [0.717, 1.165) is 23.1 Å². The summed E-state index contributed by atoms with van der Waals surface area (Å²) < 4.78 is 19.5. The van der Waals surface area contributed by atoms with Crippen LogP contribution in [-0.4, -0.2) is 70.7 Å². The number of phenols is 1. The van der Waals surface area contributed by atoms with Gasteiger partial charge in [-0.2, -0.15) is 10.1 Å². The van der Waals surface area contributed by atoms with Crippen LogP contribution >= 0.6 is 0 Å². The molecule has 12 heteroatoms. The van der Waals surface area contributed by atoms with E-state index in [1.54, 1.807) is 30.6 Å². The van der Waals surface area contributed by atoms with E-state index in [-0.39, 0.29) is 23.6 Å². The van der Waals surface area contributed by atoms with E-state index in [1.807, 2.05) is 41.4 Å². The van der Waals surface area contributed by atoms with Crippen molar-refractivity contribution in [3.63, 3.8) is 0 Å². The number of hydrogen-bond acceptors (Lipinski definition) is 11. The largest absolute Gasteiger partial charge is 0.508 e. The highest BCUT2D eigenvalue weighted by molar-refractivity contribution is 5.78. The zero-order chi connectivity index (χ0) is 25.6. The van der Waals surface area contributed by atoms with Gasteiger partial charge >= 0.3 is 0 Å². The summed E-state index contributed by atoms with van der Waals surface area (Å²) in [5, 5.41) is 17.6. The monoisotopic (exact) mass is 503 g/mol.